The number of morpholine rings is 1. The van der Waals surface area contributed by atoms with Gasteiger partial charge in [-0.25, -0.2) is 9.97 Å². The molecule has 1 fully saturated rings. The smallest absolute Gasteiger partial charge is 0.231 e. The van der Waals surface area contributed by atoms with Crippen LogP contribution in [0.5, 0.6) is 11.5 Å². The molecule has 10 nitrogen and oxygen atoms in total. The zero-order chi connectivity index (χ0) is 19.5. The molecule has 29 heavy (non-hydrogen) atoms. The molecule has 0 spiro atoms. The fourth-order valence-electron chi connectivity index (χ4n) is 3.44. The van der Waals surface area contributed by atoms with Crippen LogP contribution in [0.4, 0.5) is 11.8 Å². The number of benzene rings is 1. The maximum absolute atomic E-state index is 5.43. The molecular formula is C19H23N7O3. The molecule has 2 aromatic heterocycles. The SMILES string of the molecule is c1nc(NCCN2CCOCC2)c2[nH]c(NCc3ccc4c(c3)OCO4)nc2n1. The Morgan fingerprint density at radius 2 is 1.97 bits per heavy atom. The van der Waals surface area contributed by atoms with Crippen LogP contribution in [0.3, 0.4) is 0 Å². The van der Waals surface area contributed by atoms with Gasteiger partial charge in [0.05, 0.1) is 13.2 Å². The molecule has 0 unspecified atom stereocenters. The second-order valence-electron chi connectivity index (χ2n) is 6.93. The molecule has 0 atom stereocenters. The molecule has 10 heteroatoms. The number of aromatic nitrogens is 4. The molecule has 0 aliphatic carbocycles. The summed E-state index contributed by atoms with van der Waals surface area (Å²) in [6, 6.07) is 5.89. The Kier molecular flexibility index (Phi) is 5.01. The van der Waals surface area contributed by atoms with E-state index >= 15 is 0 Å². The van der Waals surface area contributed by atoms with Crippen molar-refractivity contribution in [2.75, 3.05) is 56.8 Å². The van der Waals surface area contributed by atoms with Gasteiger partial charge in [0, 0.05) is 32.7 Å². The van der Waals surface area contributed by atoms with E-state index in [4.69, 9.17) is 14.2 Å². The van der Waals surface area contributed by atoms with Crippen molar-refractivity contribution < 1.29 is 14.2 Å². The van der Waals surface area contributed by atoms with Crippen molar-refractivity contribution in [2.24, 2.45) is 0 Å². The van der Waals surface area contributed by atoms with Crippen molar-refractivity contribution in [3.63, 3.8) is 0 Å². The fourth-order valence-corrected chi connectivity index (χ4v) is 3.44. The average molecular weight is 397 g/mol. The number of imidazole rings is 1. The highest BCUT2D eigenvalue weighted by Crippen LogP contribution is 2.32. The first-order chi connectivity index (χ1) is 14.3. The lowest BCUT2D eigenvalue weighted by Gasteiger charge is -2.26. The molecule has 1 saturated heterocycles. The highest BCUT2D eigenvalue weighted by molar-refractivity contribution is 5.84. The van der Waals surface area contributed by atoms with Crippen molar-refractivity contribution in [1.29, 1.82) is 0 Å². The Hall–Kier alpha value is -3.11. The van der Waals surface area contributed by atoms with Crippen molar-refractivity contribution in [2.45, 2.75) is 6.54 Å². The van der Waals surface area contributed by atoms with Gasteiger partial charge in [-0.3, -0.25) is 4.90 Å². The minimum Gasteiger partial charge on any atom is -0.454 e. The Labute approximate surface area is 167 Å². The first kappa shape index (κ1) is 18.0. The molecule has 2 aliphatic heterocycles. The molecule has 3 N–H and O–H groups in total. The van der Waals surface area contributed by atoms with E-state index in [1.807, 2.05) is 18.2 Å². The summed E-state index contributed by atoms with van der Waals surface area (Å²) in [6.45, 7) is 6.16. The molecule has 0 amide bonds. The number of ether oxygens (including phenoxy) is 3. The lowest BCUT2D eigenvalue weighted by Crippen LogP contribution is -2.39. The number of fused-ring (bicyclic) bond motifs is 2. The van der Waals surface area contributed by atoms with E-state index in [0.29, 0.717) is 18.1 Å². The second kappa shape index (κ2) is 8.10. The van der Waals surface area contributed by atoms with Crippen LogP contribution in [-0.2, 0) is 11.3 Å². The van der Waals surface area contributed by atoms with Gasteiger partial charge in [0.1, 0.15) is 11.8 Å². The second-order valence-corrected chi connectivity index (χ2v) is 6.93. The van der Waals surface area contributed by atoms with Crippen LogP contribution in [0.2, 0.25) is 0 Å². The third-order valence-corrected chi connectivity index (χ3v) is 5.01. The van der Waals surface area contributed by atoms with Gasteiger partial charge in [-0.1, -0.05) is 6.07 Å². The van der Waals surface area contributed by atoms with Gasteiger partial charge in [0.2, 0.25) is 12.7 Å². The minimum atomic E-state index is 0.274. The highest BCUT2D eigenvalue weighted by atomic mass is 16.7. The number of anilines is 2. The lowest BCUT2D eigenvalue weighted by atomic mass is 10.2. The summed E-state index contributed by atoms with van der Waals surface area (Å²) in [7, 11) is 0. The largest absolute Gasteiger partial charge is 0.454 e. The third-order valence-electron chi connectivity index (χ3n) is 5.01. The summed E-state index contributed by atoms with van der Waals surface area (Å²) < 4.78 is 16.2. The summed E-state index contributed by atoms with van der Waals surface area (Å²) >= 11 is 0. The Balaban J connectivity index is 1.22. The van der Waals surface area contributed by atoms with Gasteiger partial charge in [-0.15, -0.1) is 0 Å². The van der Waals surface area contributed by atoms with E-state index in [0.717, 1.165) is 67.8 Å². The summed E-state index contributed by atoms with van der Waals surface area (Å²) in [5.41, 5.74) is 2.49. The van der Waals surface area contributed by atoms with E-state index in [1.165, 1.54) is 6.33 Å². The van der Waals surface area contributed by atoms with E-state index in [-0.39, 0.29) is 6.79 Å². The van der Waals surface area contributed by atoms with Gasteiger partial charge in [-0.2, -0.15) is 4.98 Å². The number of H-pyrrole nitrogens is 1. The Morgan fingerprint density at radius 1 is 1.07 bits per heavy atom. The van der Waals surface area contributed by atoms with Gasteiger partial charge >= 0.3 is 0 Å². The average Bonchev–Trinajstić information content (AvgIpc) is 3.39. The number of nitrogens with one attached hydrogen (secondary N) is 3. The summed E-state index contributed by atoms with van der Waals surface area (Å²) in [5, 5.41) is 6.68. The van der Waals surface area contributed by atoms with Gasteiger partial charge < -0.3 is 29.8 Å². The predicted octanol–water partition coefficient (Wildman–Crippen LogP) is 1.44. The molecule has 5 rings (SSSR count). The van der Waals surface area contributed by atoms with Crippen LogP contribution in [0.25, 0.3) is 11.2 Å². The number of hydrogen-bond donors (Lipinski definition) is 3. The van der Waals surface area contributed by atoms with Crippen LogP contribution in [0.1, 0.15) is 5.56 Å². The molecular weight excluding hydrogens is 374 g/mol. The van der Waals surface area contributed by atoms with E-state index in [2.05, 4.69) is 35.5 Å². The Morgan fingerprint density at radius 3 is 2.90 bits per heavy atom. The molecule has 2 aliphatic rings. The number of hydrogen-bond acceptors (Lipinski definition) is 9. The summed E-state index contributed by atoms with van der Waals surface area (Å²) in [6.07, 6.45) is 1.53. The van der Waals surface area contributed by atoms with E-state index < -0.39 is 0 Å². The zero-order valence-corrected chi connectivity index (χ0v) is 16.0. The molecule has 4 heterocycles. The lowest BCUT2D eigenvalue weighted by molar-refractivity contribution is 0.0398. The monoisotopic (exact) mass is 397 g/mol. The van der Waals surface area contributed by atoms with E-state index in [9.17, 15) is 0 Å². The maximum atomic E-state index is 5.43. The van der Waals surface area contributed by atoms with Crippen LogP contribution in [0.15, 0.2) is 24.5 Å². The number of nitrogens with zero attached hydrogens (tertiary/aromatic N) is 4. The molecule has 0 bridgehead atoms. The first-order valence-corrected chi connectivity index (χ1v) is 9.72. The molecule has 0 radical (unpaired) electrons. The quantitative estimate of drug-likeness (QED) is 0.545. The molecule has 152 valence electrons. The van der Waals surface area contributed by atoms with Crippen LogP contribution < -0.4 is 20.1 Å². The van der Waals surface area contributed by atoms with Gasteiger partial charge in [0.15, 0.2) is 23.0 Å². The van der Waals surface area contributed by atoms with Crippen molar-refractivity contribution in [3.05, 3.63) is 30.1 Å². The normalized spacial score (nSPS) is 16.3. The summed E-state index contributed by atoms with van der Waals surface area (Å²) in [4.78, 5) is 18.8. The van der Waals surface area contributed by atoms with Crippen molar-refractivity contribution in [1.82, 2.24) is 24.8 Å². The fraction of sp³-hybridized carbons (Fsp3) is 0.421. The van der Waals surface area contributed by atoms with Crippen LogP contribution >= 0.6 is 0 Å². The number of rotatable bonds is 7. The van der Waals surface area contributed by atoms with Gasteiger partial charge in [0.25, 0.3) is 0 Å². The molecule has 3 aromatic rings. The summed E-state index contributed by atoms with van der Waals surface area (Å²) in [5.74, 6) is 2.95. The standard InChI is InChI=1S/C19H23N7O3/c1-2-14-15(29-12-28-14)9-13(1)10-21-19-24-16-17(22-11-23-18(16)25-19)20-3-4-26-5-7-27-8-6-26/h1-2,9,11H,3-8,10,12H2,(H3,20,21,22,23,24,25). The van der Waals surface area contributed by atoms with Crippen LogP contribution in [-0.4, -0.2) is 71.0 Å². The van der Waals surface area contributed by atoms with Gasteiger partial charge in [-0.05, 0) is 17.7 Å². The van der Waals surface area contributed by atoms with Crippen LogP contribution in [0, 0.1) is 0 Å². The maximum Gasteiger partial charge on any atom is 0.231 e. The topological polar surface area (TPSA) is 109 Å². The first-order valence-electron chi connectivity index (χ1n) is 9.72. The third kappa shape index (κ3) is 4.03. The van der Waals surface area contributed by atoms with Crippen molar-refractivity contribution >= 4 is 22.9 Å². The predicted molar refractivity (Wildman–Crippen MR) is 107 cm³/mol. The molecule has 1 aromatic carbocycles. The van der Waals surface area contributed by atoms with E-state index in [1.54, 1.807) is 0 Å². The Bertz CT molecular complexity index is 987. The minimum absolute atomic E-state index is 0.274. The van der Waals surface area contributed by atoms with Crippen molar-refractivity contribution in [3.8, 4) is 11.5 Å². The zero-order valence-electron chi connectivity index (χ0n) is 16.0. The molecule has 0 saturated carbocycles. The number of aromatic amines is 1. The highest BCUT2D eigenvalue weighted by Gasteiger charge is 2.14.